The Labute approximate surface area is 119 Å². The molecule has 0 saturated carbocycles. The summed E-state index contributed by atoms with van der Waals surface area (Å²) in [7, 11) is 3.25. The molecule has 0 aliphatic heterocycles. The topological polar surface area (TPSA) is 27.7 Å². The van der Waals surface area contributed by atoms with Gasteiger partial charge in [0.05, 0.1) is 20.5 Å². The van der Waals surface area contributed by atoms with Crippen molar-refractivity contribution in [2.75, 3.05) is 14.2 Å². The summed E-state index contributed by atoms with van der Waals surface area (Å²) in [5.41, 5.74) is 2.11. The van der Waals surface area contributed by atoms with Crippen molar-refractivity contribution < 1.29 is 14.2 Å². The molecule has 2 aromatic carbocycles. The van der Waals surface area contributed by atoms with Crippen LogP contribution < -0.4 is 9.47 Å². The molecule has 0 amide bonds. The second-order valence-electron chi connectivity index (χ2n) is 4.22. The Hall–Kier alpha value is -2.42. The largest absolute Gasteiger partial charge is 0.504 e. The number of hydrogen-bond donors (Lipinski definition) is 0. The normalized spacial score (nSPS) is 10.5. The fraction of sp³-hybridized carbons (Fsp3) is 0.176. The van der Waals surface area contributed by atoms with Crippen LogP contribution in [0.1, 0.15) is 11.1 Å². The van der Waals surface area contributed by atoms with Crippen molar-refractivity contribution in [3.63, 3.8) is 0 Å². The van der Waals surface area contributed by atoms with Gasteiger partial charge in [-0.2, -0.15) is 0 Å². The van der Waals surface area contributed by atoms with Crippen LogP contribution in [0.15, 0.2) is 54.8 Å². The first-order chi connectivity index (χ1) is 9.83. The smallest absolute Gasteiger partial charge is 0.162 e. The summed E-state index contributed by atoms with van der Waals surface area (Å²) < 4.78 is 16.1. The Kier molecular flexibility index (Phi) is 5.07. The lowest BCUT2D eigenvalue weighted by molar-refractivity contribution is 0.284. The second-order valence-corrected chi connectivity index (χ2v) is 4.22. The zero-order valence-corrected chi connectivity index (χ0v) is 11.7. The fourth-order valence-corrected chi connectivity index (χ4v) is 1.79. The molecular formula is C17H18O3. The molecule has 0 spiro atoms. The molecule has 0 aliphatic carbocycles. The molecule has 0 aromatic heterocycles. The SMILES string of the molecule is CO/C=C/c1ccc(OC)c(OCc2ccccc2)c1. The van der Waals surface area contributed by atoms with Crippen LogP contribution in [-0.4, -0.2) is 14.2 Å². The van der Waals surface area contributed by atoms with E-state index in [1.54, 1.807) is 20.5 Å². The molecule has 2 aromatic rings. The van der Waals surface area contributed by atoms with Gasteiger partial charge in [-0.25, -0.2) is 0 Å². The highest BCUT2D eigenvalue weighted by Gasteiger charge is 2.05. The lowest BCUT2D eigenvalue weighted by Gasteiger charge is -2.11. The number of benzene rings is 2. The Morgan fingerprint density at radius 1 is 0.950 bits per heavy atom. The zero-order chi connectivity index (χ0) is 14.2. The van der Waals surface area contributed by atoms with E-state index in [-0.39, 0.29) is 0 Å². The summed E-state index contributed by atoms with van der Waals surface area (Å²) in [6.07, 6.45) is 3.50. The highest BCUT2D eigenvalue weighted by atomic mass is 16.5. The lowest BCUT2D eigenvalue weighted by atomic mass is 10.2. The van der Waals surface area contributed by atoms with Gasteiger partial charge in [0.25, 0.3) is 0 Å². The van der Waals surface area contributed by atoms with E-state index in [0.29, 0.717) is 6.61 Å². The zero-order valence-electron chi connectivity index (χ0n) is 11.7. The molecule has 0 atom stereocenters. The highest BCUT2D eigenvalue weighted by molar-refractivity contribution is 5.55. The van der Waals surface area contributed by atoms with E-state index in [1.165, 1.54) is 0 Å². The number of hydrogen-bond acceptors (Lipinski definition) is 3. The standard InChI is InChI=1S/C17H18O3/c1-18-11-10-14-8-9-16(19-2)17(12-14)20-13-15-6-4-3-5-7-15/h3-12H,13H2,1-2H3/b11-10+. The van der Waals surface area contributed by atoms with E-state index >= 15 is 0 Å². The van der Waals surface area contributed by atoms with Crippen molar-refractivity contribution in [2.45, 2.75) is 6.61 Å². The first-order valence-electron chi connectivity index (χ1n) is 6.37. The Morgan fingerprint density at radius 3 is 2.45 bits per heavy atom. The van der Waals surface area contributed by atoms with Gasteiger partial charge in [0.1, 0.15) is 6.61 Å². The van der Waals surface area contributed by atoms with E-state index < -0.39 is 0 Å². The minimum absolute atomic E-state index is 0.509. The number of ether oxygens (including phenoxy) is 3. The Bertz CT molecular complexity index is 562. The summed E-state index contributed by atoms with van der Waals surface area (Å²) in [5.74, 6) is 1.44. The summed E-state index contributed by atoms with van der Waals surface area (Å²) in [6.45, 7) is 0.509. The molecule has 0 saturated heterocycles. The van der Waals surface area contributed by atoms with Gasteiger partial charge in [-0.3, -0.25) is 0 Å². The number of rotatable bonds is 6. The van der Waals surface area contributed by atoms with Crippen molar-refractivity contribution in [1.29, 1.82) is 0 Å². The highest BCUT2D eigenvalue weighted by Crippen LogP contribution is 2.29. The van der Waals surface area contributed by atoms with Crippen LogP contribution in [0.25, 0.3) is 6.08 Å². The van der Waals surface area contributed by atoms with Crippen molar-refractivity contribution in [1.82, 2.24) is 0 Å². The van der Waals surface area contributed by atoms with Crippen molar-refractivity contribution in [3.05, 3.63) is 65.9 Å². The lowest BCUT2D eigenvalue weighted by Crippen LogP contribution is -1.97. The summed E-state index contributed by atoms with van der Waals surface area (Å²) >= 11 is 0. The summed E-state index contributed by atoms with van der Waals surface area (Å²) in [5, 5.41) is 0. The molecule has 0 bridgehead atoms. The fourth-order valence-electron chi connectivity index (χ4n) is 1.79. The van der Waals surface area contributed by atoms with Crippen LogP contribution in [0, 0.1) is 0 Å². The maximum absolute atomic E-state index is 5.84. The Balaban J connectivity index is 2.14. The number of methoxy groups -OCH3 is 2. The molecule has 20 heavy (non-hydrogen) atoms. The van der Waals surface area contributed by atoms with Gasteiger partial charge in [-0.15, -0.1) is 0 Å². The molecule has 2 rings (SSSR count). The monoisotopic (exact) mass is 270 g/mol. The van der Waals surface area contributed by atoms with Gasteiger partial charge in [-0.05, 0) is 29.3 Å². The van der Waals surface area contributed by atoms with Crippen molar-refractivity contribution in [2.24, 2.45) is 0 Å². The minimum atomic E-state index is 0.509. The van der Waals surface area contributed by atoms with E-state index in [9.17, 15) is 0 Å². The van der Waals surface area contributed by atoms with E-state index in [0.717, 1.165) is 22.6 Å². The molecule has 3 heteroatoms. The predicted octanol–water partition coefficient (Wildman–Crippen LogP) is 3.89. The maximum atomic E-state index is 5.84. The van der Waals surface area contributed by atoms with Gasteiger partial charge in [0.2, 0.25) is 0 Å². The molecule has 3 nitrogen and oxygen atoms in total. The van der Waals surface area contributed by atoms with Crippen molar-refractivity contribution in [3.8, 4) is 11.5 Å². The van der Waals surface area contributed by atoms with Crippen LogP contribution >= 0.6 is 0 Å². The summed E-state index contributed by atoms with van der Waals surface area (Å²) in [6, 6.07) is 15.8. The average molecular weight is 270 g/mol. The van der Waals surface area contributed by atoms with E-state index in [2.05, 4.69) is 0 Å². The quantitative estimate of drug-likeness (QED) is 0.745. The van der Waals surface area contributed by atoms with Gasteiger partial charge in [0, 0.05) is 0 Å². The molecule has 0 heterocycles. The first kappa shape index (κ1) is 14.0. The van der Waals surface area contributed by atoms with Crippen molar-refractivity contribution >= 4 is 6.08 Å². The van der Waals surface area contributed by atoms with Crippen LogP contribution in [0.3, 0.4) is 0 Å². The molecule has 0 aliphatic rings. The van der Waals surface area contributed by atoms with Crippen LogP contribution in [0.2, 0.25) is 0 Å². The minimum Gasteiger partial charge on any atom is -0.504 e. The Morgan fingerprint density at radius 2 is 1.75 bits per heavy atom. The van der Waals surface area contributed by atoms with E-state index in [1.807, 2.05) is 54.6 Å². The molecule has 104 valence electrons. The van der Waals surface area contributed by atoms with Gasteiger partial charge in [0.15, 0.2) is 11.5 Å². The van der Waals surface area contributed by atoms with Gasteiger partial charge < -0.3 is 14.2 Å². The van der Waals surface area contributed by atoms with Gasteiger partial charge >= 0.3 is 0 Å². The third-order valence-corrected chi connectivity index (χ3v) is 2.82. The predicted molar refractivity (Wildman–Crippen MR) is 79.8 cm³/mol. The van der Waals surface area contributed by atoms with Crippen LogP contribution in [-0.2, 0) is 11.3 Å². The molecule has 0 radical (unpaired) electrons. The average Bonchev–Trinajstić information content (AvgIpc) is 2.52. The molecule has 0 N–H and O–H groups in total. The molecule has 0 unspecified atom stereocenters. The second kappa shape index (κ2) is 7.24. The maximum Gasteiger partial charge on any atom is 0.162 e. The van der Waals surface area contributed by atoms with E-state index in [4.69, 9.17) is 14.2 Å². The summed E-state index contributed by atoms with van der Waals surface area (Å²) in [4.78, 5) is 0. The molecule has 0 fully saturated rings. The third-order valence-electron chi connectivity index (χ3n) is 2.82. The first-order valence-corrected chi connectivity index (χ1v) is 6.37. The van der Waals surface area contributed by atoms with Crippen LogP contribution in [0.5, 0.6) is 11.5 Å². The third kappa shape index (κ3) is 3.79. The molecular weight excluding hydrogens is 252 g/mol. The van der Waals surface area contributed by atoms with Crippen LogP contribution in [0.4, 0.5) is 0 Å². The van der Waals surface area contributed by atoms with Gasteiger partial charge in [-0.1, -0.05) is 36.4 Å².